The van der Waals surface area contributed by atoms with Crippen LogP contribution in [-0.4, -0.2) is 125 Å². The Morgan fingerprint density at radius 2 is 1.61 bits per heavy atom. The van der Waals surface area contributed by atoms with E-state index in [9.17, 15) is 28.0 Å². The van der Waals surface area contributed by atoms with Crippen molar-refractivity contribution in [3.05, 3.63) is 58.3 Å². The minimum Gasteiger partial charge on any atom is -0.453 e. The van der Waals surface area contributed by atoms with Crippen LogP contribution in [0.25, 0.3) is 0 Å². The van der Waals surface area contributed by atoms with Gasteiger partial charge >= 0.3 is 22.5 Å². The molecular weight excluding hydrogens is 869 g/mol. The van der Waals surface area contributed by atoms with Gasteiger partial charge in [-0.25, -0.2) is 13.2 Å². The monoisotopic (exact) mass is 927 g/mol. The van der Waals surface area contributed by atoms with Gasteiger partial charge in [0.15, 0.2) is 16.6 Å². The zero-order valence-electron chi connectivity index (χ0n) is 37.0. The van der Waals surface area contributed by atoms with Gasteiger partial charge in [-0.2, -0.15) is 13.8 Å². The highest BCUT2D eigenvalue weighted by Crippen LogP contribution is 2.48. The Balaban J connectivity index is 1.12. The van der Waals surface area contributed by atoms with Crippen molar-refractivity contribution in [3.63, 3.8) is 0 Å². The van der Waals surface area contributed by atoms with Crippen molar-refractivity contribution in [3.8, 4) is 5.88 Å². The van der Waals surface area contributed by atoms with E-state index in [1.807, 2.05) is 72.6 Å². The van der Waals surface area contributed by atoms with Gasteiger partial charge < -0.3 is 33.7 Å². The van der Waals surface area contributed by atoms with E-state index in [0.29, 0.717) is 37.3 Å². The van der Waals surface area contributed by atoms with Gasteiger partial charge in [-0.05, 0) is 59.4 Å². The number of hydrogen-bond acceptors (Lipinski definition) is 14. The molecular formula is C39H59F2N7O11SSi2. The van der Waals surface area contributed by atoms with Crippen LogP contribution in [-0.2, 0) is 33.0 Å². The quantitative estimate of drug-likeness (QED) is 0.154. The largest absolute Gasteiger partial charge is 0.453 e. The van der Waals surface area contributed by atoms with Crippen molar-refractivity contribution in [1.29, 1.82) is 0 Å². The molecule has 2 saturated heterocycles. The molecule has 62 heavy (non-hydrogen) atoms. The molecule has 2 amide bonds. The molecule has 1 N–H and O–H groups in total. The van der Waals surface area contributed by atoms with Gasteiger partial charge in [-0.3, -0.25) is 23.7 Å². The summed E-state index contributed by atoms with van der Waals surface area (Å²) in [4.78, 5) is 46.2. The average molecular weight is 928 g/mol. The van der Waals surface area contributed by atoms with Crippen LogP contribution < -0.4 is 20.6 Å². The molecule has 5 rings (SSSR count). The SMILES string of the molecule is CC(C)(C)[Si](C)(C)OC[C@H]1O[C@@H](n2ccc(NC(=O)CCC(=O)N3CCN(CCOc4no[n+]([O-])c4S(=O)(=O)c4ccccc4)CC3)nc2=O)C(F)(F)[C@@H]1O[Si](C)(C)C(C)(C)C. The van der Waals surface area contributed by atoms with Crippen LogP contribution in [0.15, 0.2) is 61.9 Å². The fraction of sp³-hybridized carbons (Fsp3) is 0.641. The molecule has 0 bridgehead atoms. The van der Waals surface area contributed by atoms with E-state index in [4.69, 9.17) is 18.3 Å². The number of carbonyl (C=O) groups is 2. The molecule has 0 saturated carbocycles. The van der Waals surface area contributed by atoms with Crippen LogP contribution in [0.3, 0.4) is 0 Å². The number of ether oxygens (including phenoxy) is 2. The zero-order chi connectivity index (χ0) is 46.1. The molecule has 0 unspecified atom stereocenters. The summed E-state index contributed by atoms with van der Waals surface area (Å²) in [5.74, 6) is -5.17. The molecule has 2 aliphatic rings. The third kappa shape index (κ3) is 11.0. The highest BCUT2D eigenvalue weighted by molar-refractivity contribution is 7.91. The summed E-state index contributed by atoms with van der Waals surface area (Å²) in [6.07, 6.45) is -4.19. The highest BCUT2D eigenvalue weighted by Gasteiger charge is 2.63. The maximum atomic E-state index is 16.4. The van der Waals surface area contributed by atoms with Crippen molar-refractivity contribution in [2.75, 3.05) is 51.3 Å². The predicted octanol–water partition coefficient (Wildman–Crippen LogP) is 4.58. The number of alkyl halides is 2. The Hall–Kier alpha value is -4.14. The molecule has 2 aliphatic heterocycles. The first-order valence-electron chi connectivity index (χ1n) is 20.4. The number of amides is 2. The molecule has 18 nitrogen and oxygen atoms in total. The van der Waals surface area contributed by atoms with E-state index in [2.05, 4.69) is 20.1 Å². The number of rotatable bonds is 16. The molecule has 3 atom stereocenters. The first-order chi connectivity index (χ1) is 28.7. The van der Waals surface area contributed by atoms with Gasteiger partial charge in [0.05, 0.1) is 16.7 Å². The molecule has 0 aliphatic carbocycles. The third-order valence-corrected chi connectivity index (χ3v) is 22.8. The fourth-order valence-corrected chi connectivity index (χ4v) is 9.83. The number of nitrogens with one attached hydrogen (secondary N) is 1. The molecule has 4 heterocycles. The number of carbonyl (C=O) groups excluding carboxylic acids is 2. The zero-order valence-corrected chi connectivity index (χ0v) is 39.8. The van der Waals surface area contributed by atoms with Crippen molar-refractivity contribution >= 4 is 44.1 Å². The van der Waals surface area contributed by atoms with Gasteiger partial charge in [0.2, 0.25) is 18.0 Å². The van der Waals surface area contributed by atoms with Crippen LogP contribution in [0.4, 0.5) is 14.6 Å². The van der Waals surface area contributed by atoms with Crippen molar-refractivity contribution in [1.82, 2.24) is 24.5 Å². The van der Waals surface area contributed by atoms with Gasteiger partial charge in [0.1, 0.15) is 24.6 Å². The molecule has 2 aromatic heterocycles. The maximum absolute atomic E-state index is 16.4. The van der Waals surface area contributed by atoms with Gasteiger partial charge in [0.25, 0.3) is 9.84 Å². The highest BCUT2D eigenvalue weighted by atomic mass is 32.2. The smallest absolute Gasteiger partial charge is 0.415 e. The van der Waals surface area contributed by atoms with Gasteiger partial charge in [0, 0.05) is 51.8 Å². The standard InChI is InChI=1S/C39H59F2N7O11SSi2/c1-37(2,3)61(7,8)56-26-28-32(58-62(9,10)38(4,5)6)39(40,41)35(57-28)47-19-18-29(43-36(47)51)42-30(49)16-17-31(50)46-22-20-45(21-23-46)24-25-55-33-34(48(52)59-44-33)60(53,54)27-14-12-11-13-15-27/h11-15,18-19,28,32,35H,16-17,20-26H2,1-10H3,(H,42,43,49,51)/t28-,32-,35-/m1/s1. The number of sulfone groups is 1. The summed E-state index contributed by atoms with van der Waals surface area (Å²) in [5.41, 5.74) is -1.07. The second kappa shape index (κ2) is 18.5. The minimum absolute atomic E-state index is 0.0221. The molecule has 1 aromatic carbocycles. The fourth-order valence-electron chi connectivity index (χ4n) is 6.23. The molecule has 0 spiro atoms. The Kier molecular flexibility index (Phi) is 14.6. The molecule has 2 fully saturated rings. The first-order valence-corrected chi connectivity index (χ1v) is 27.7. The van der Waals surface area contributed by atoms with E-state index in [-0.39, 0.29) is 52.6 Å². The van der Waals surface area contributed by atoms with Crippen molar-refractivity contribution < 1.29 is 54.6 Å². The number of anilines is 1. The lowest BCUT2D eigenvalue weighted by atomic mass is 10.1. The third-order valence-electron chi connectivity index (χ3n) is 12.1. The summed E-state index contributed by atoms with van der Waals surface area (Å²) in [6.45, 7) is 21.5. The summed E-state index contributed by atoms with van der Waals surface area (Å²) in [6, 6.07) is 8.55. The summed E-state index contributed by atoms with van der Waals surface area (Å²) in [5, 5.41) is 16.7. The topological polar surface area (TPSA) is 212 Å². The van der Waals surface area contributed by atoms with Crippen LogP contribution in [0, 0.1) is 5.21 Å². The van der Waals surface area contributed by atoms with Crippen LogP contribution in [0.1, 0.15) is 60.6 Å². The lowest BCUT2D eigenvalue weighted by molar-refractivity contribution is -0.832. The Labute approximate surface area is 362 Å². The van der Waals surface area contributed by atoms with E-state index in [1.165, 1.54) is 30.3 Å². The summed E-state index contributed by atoms with van der Waals surface area (Å²) >= 11 is 0. The predicted molar refractivity (Wildman–Crippen MR) is 226 cm³/mol. The Bertz CT molecular complexity index is 2220. The first kappa shape index (κ1) is 48.9. The Morgan fingerprint density at radius 1 is 0.984 bits per heavy atom. The average Bonchev–Trinajstić information content (AvgIpc) is 3.67. The molecule has 0 radical (unpaired) electrons. The van der Waals surface area contributed by atoms with Gasteiger partial charge in [-0.15, -0.1) is 0 Å². The second-order valence-corrected chi connectivity index (χ2v) is 30.0. The second-order valence-electron chi connectivity index (χ2n) is 18.6. The molecule has 3 aromatic rings. The summed E-state index contributed by atoms with van der Waals surface area (Å²) < 4.78 is 88.1. The van der Waals surface area contributed by atoms with E-state index in [1.54, 1.807) is 11.0 Å². The normalized spacial score (nSPS) is 20.3. The Morgan fingerprint density at radius 3 is 2.21 bits per heavy atom. The number of piperazine rings is 1. The van der Waals surface area contributed by atoms with E-state index >= 15 is 8.78 Å². The molecule has 23 heteroatoms. The number of halogens is 2. The minimum atomic E-state index is -4.26. The summed E-state index contributed by atoms with van der Waals surface area (Å²) in [7, 11) is -9.40. The number of nitrogens with zero attached hydrogens (tertiary/aromatic N) is 6. The van der Waals surface area contributed by atoms with Crippen molar-refractivity contribution in [2.45, 2.75) is 125 Å². The lowest BCUT2D eigenvalue weighted by Crippen LogP contribution is -2.53. The van der Waals surface area contributed by atoms with E-state index < -0.39 is 78.4 Å². The number of benzene rings is 1. The van der Waals surface area contributed by atoms with Crippen LogP contribution >= 0.6 is 0 Å². The molecule has 344 valence electrons. The number of hydrogen-bond donors (Lipinski definition) is 1. The van der Waals surface area contributed by atoms with Crippen molar-refractivity contribution in [2.24, 2.45) is 0 Å². The number of aromatic nitrogens is 4. The lowest BCUT2D eigenvalue weighted by Gasteiger charge is -2.41. The maximum Gasteiger partial charge on any atom is 0.415 e. The van der Waals surface area contributed by atoms with Gasteiger partial charge in [-0.1, -0.05) is 59.7 Å². The van der Waals surface area contributed by atoms with Crippen LogP contribution in [0.5, 0.6) is 5.88 Å². The van der Waals surface area contributed by atoms with Crippen LogP contribution in [0.2, 0.25) is 36.3 Å². The van der Waals surface area contributed by atoms with E-state index in [0.717, 1.165) is 6.20 Å².